The predicted octanol–water partition coefficient (Wildman–Crippen LogP) is 3.20. The summed E-state index contributed by atoms with van der Waals surface area (Å²) in [5, 5.41) is 0. The number of nitrogens with zero attached hydrogens (tertiary/aromatic N) is 1. The van der Waals surface area contributed by atoms with Crippen molar-refractivity contribution >= 4 is 5.91 Å². The van der Waals surface area contributed by atoms with Crippen molar-refractivity contribution in [3.63, 3.8) is 0 Å². The smallest absolute Gasteiger partial charge is 0.378 e. The Labute approximate surface area is 146 Å². The van der Waals surface area contributed by atoms with Gasteiger partial charge in [0.05, 0.1) is 11.7 Å². The molecule has 1 aliphatic carbocycles. The zero-order valence-corrected chi connectivity index (χ0v) is 15.0. The first-order valence-corrected chi connectivity index (χ1v) is 8.26. The molecule has 140 valence electrons. The molecule has 0 heterocycles. The molecule has 1 aromatic carbocycles. The lowest BCUT2D eigenvalue weighted by atomic mass is 9.54. The highest BCUT2D eigenvalue weighted by atomic mass is 19.4. The minimum atomic E-state index is -4.46. The molecule has 0 saturated heterocycles. The van der Waals surface area contributed by atoms with Gasteiger partial charge in [-0.2, -0.15) is 13.2 Å². The van der Waals surface area contributed by atoms with Gasteiger partial charge in [0.2, 0.25) is 5.91 Å². The van der Waals surface area contributed by atoms with E-state index in [0.717, 1.165) is 6.07 Å². The standard InChI is InChI=1S/C18H25F3N2O2/c1-5-25-14-10-17(22,16(14,2)3)15(24)23(4)11-12-8-6-7-9-13(12)18(19,20)21/h6-9,14H,5,10-11,22H2,1-4H3. The Bertz CT molecular complexity index is 645. The molecule has 2 rings (SSSR count). The maximum Gasteiger partial charge on any atom is 0.416 e. The SMILES string of the molecule is CCOC1CC(N)(C(=O)N(C)Cc2ccccc2C(F)(F)F)C1(C)C. The van der Waals surface area contributed by atoms with Gasteiger partial charge in [0, 0.05) is 32.0 Å². The third-order valence-corrected chi connectivity index (χ3v) is 5.29. The number of halogens is 3. The maximum absolute atomic E-state index is 13.1. The van der Waals surface area contributed by atoms with E-state index in [9.17, 15) is 18.0 Å². The maximum atomic E-state index is 13.1. The summed E-state index contributed by atoms with van der Waals surface area (Å²) in [5.41, 5.74) is 3.91. The molecule has 0 aromatic heterocycles. The lowest BCUT2D eigenvalue weighted by molar-refractivity contribution is -0.178. The van der Waals surface area contributed by atoms with E-state index in [1.807, 2.05) is 20.8 Å². The number of ether oxygens (including phenoxy) is 1. The van der Waals surface area contributed by atoms with E-state index in [4.69, 9.17) is 10.5 Å². The second-order valence-corrected chi connectivity index (χ2v) is 7.16. The monoisotopic (exact) mass is 358 g/mol. The van der Waals surface area contributed by atoms with Crippen molar-refractivity contribution in [1.29, 1.82) is 0 Å². The van der Waals surface area contributed by atoms with Crippen molar-refractivity contribution in [2.75, 3.05) is 13.7 Å². The number of benzene rings is 1. The number of rotatable bonds is 5. The molecule has 1 saturated carbocycles. The molecule has 7 heteroatoms. The molecule has 0 spiro atoms. The topological polar surface area (TPSA) is 55.6 Å². The lowest BCUT2D eigenvalue weighted by Crippen LogP contribution is -2.75. The van der Waals surface area contributed by atoms with Gasteiger partial charge in [-0.05, 0) is 18.6 Å². The van der Waals surface area contributed by atoms with Crippen LogP contribution >= 0.6 is 0 Å². The molecular weight excluding hydrogens is 333 g/mol. The van der Waals surface area contributed by atoms with Crippen LogP contribution in [0.1, 0.15) is 38.3 Å². The van der Waals surface area contributed by atoms with Crippen LogP contribution in [0.2, 0.25) is 0 Å². The molecule has 2 unspecified atom stereocenters. The summed E-state index contributed by atoms with van der Waals surface area (Å²) in [4.78, 5) is 14.1. The molecule has 0 radical (unpaired) electrons. The Morgan fingerprint density at radius 1 is 1.36 bits per heavy atom. The number of hydrogen-bond acceptors (Lipinski definition) is 3. The van der Waals surface area contributed by atoms with Crippen molar-refractivity contribution in [2.24, 2.45) is 11.1 Å². The first-order valence-electron chi connectivity index (χ1n) is 8.26. The molecule has 1 amide bonds. The van der Waals surface area contributed by atoms with Gasteiger partial charge < -0.3 is 15.4 Å². The molecule has 1 aliphatic rings. The first kappa shape index (κ1) is 19.7. The fraction of sp³-hybridized carbons (Fsp3) is 0.611. The van der Waals surface area contributed by atoms with Gasteiger partial charge in [-0.1, -0.05) is 32.0 Å². The fourth-order valence-corrected chi connectivity index (χ4v) is 3.40. The summed E-state index contributed by atoms with van der Waals surface area (Å²) >= 11 is 0. The van der Waals surface area contributed by atoms with Crippen LogP contribution in [0.25, 0.3) is 0 Å². The van der Waals surface area contributed by atoms with E-state index in [-0.39, 0.29) is 24.1 Å². The molecule has 0 bridgehead atoms. The molecule has 1 fully saturated rings. The molecule has 2 atom stereocenters. The van der Waals surface area contributed by atoms with Crippen molar-refractivity contribution < 1.29 is 22.7 Å². The van der Waals surface area contributed by atoms with Crippen molar-refractivity contribution in [1.82, 2.24) is 4.90 Å². The van der Waals surface area contributed by atoms with Crippen LogP contribution in [0.15, 0.2) is 24.3 Å². The Kier molecular flexibility index (Phi) is 5.21. The number of carbonyl (C=O) groups excluding carboxylic acids is 1. The van der Waals surface area contributed by atoms with Crippen LogP contribution in [-0.4, -0.2) is 36.1 Å². The van der Waals surface area contributed by atoms with Gasteiger partial charge in [-0.3, -0.25) is 4.79 Å². The molecule has 2 N–H and O–H groups in total. The van der Waals surface area contributed by atoms with E-state index in [1.165, 1.54) is 30.1 Å². The summed E-state index contributed by atoms with van der Waals surface area (Å²) in [6, 6.07) is 5.26. The number of carbonyl (C=O) groups is 1. The third-order valence-electron chi connectivity index (χ3n) is 5.29. The molecule has 25 heavy (non-hydrogen) atoms. The Balaban J connectivity index is 2.18. The highest BCUT2D eigenvalue weighted by molar-refractivity contribution is 5.88. The van der Waals surface area contributed by atoms with Gasteiger partial charge in [0.1, 0.15) is 5.54 Å². The number of likely N-dealkylation sites (N-methyl/N-ethyl adjacent to an activating group) is 1. The summed E-state index contributed by atoms with van der Waals surface area (Å²) in [6.45, 7) is 5.95. The van der Waals surface area contributed by atoms with E-state index >= 15 is 0 Å². The highest BCUT2D eigenvalue weighted by Crippen LogP contribution is 2.50. The predicted molar refractivity (Wildman–Crippen MR) is 88.6 cm³/mol. The first-order chi connectivity index (χ1) is 11.4. The van der Waals surface area contributed by atoms with Gasteiger partial charge in [-0.25, -0.2) is 0 Å². The lowest BCUT2D eigenvalue weighted by Gasteiger charge is -2.58. The zero-order chi connectivity index (χ0) is 19.0. The van der Waals surface area contributed by atoms with Gasteiger partial charge >= 0.3 is 6.18 Å². The normalized spacial score (nSPS) is 25.4. The summed E-state index contributed by atoms with van der Waals surface area (Å²) in [5.74, 6) is -0.370. The molecule has 1 aromatic rings. The minimum Gasteiger partial charge on any atom is -0.378 e. The molecule has 0 aliphatic heterocycles. The van der Waals surface area contributed by atoms with Gasteiger partial charge in [0.25, 0.3) is 0 Å². The van der Waals surface area contributed by atoms with E-state index < -0.39 is 22.7 Å². The average Bonchev–Trinajstić information content (AvgIpc) is 2.53. The molecule has 4 nitrogen and oxygen atoms in total. The number of amides is 1. The molecular formula is C18H25F3N2O2. The number of alkyl halides is 3. The van der Waals surface area contributed by atoms with E-state index in [2.05, 4.69) is 0 Å². The van der Waals surface area contributed by atoms with Gasteiger partial charge in [-0.15, -0.1) is 0 Å². The van der Waals surface area contributed by atoms with Crippen LogP contribution in [0, 0.1) is 5.41 Å². The number of nitrogens with two attached hydrogens (primary N) is 1. The van der Waals surface area contributed by atoms with Crippen molar-refractivity contribution in [3.8, 4) is 0 Å². The highest BCUT2D eigenvalue weighted by Gasteiger charge is 2.63. The Morgan fingerprint density at radius 3 is 2.48 bits per heavy atom. The summed E-state index contributed by atoms with van der Waals surface area (Å²) in [7, 11) is 1.48. The van der Waals surface area contributed by atoms with Crippen LogP contribution in [-0.2, 0) is 22.3 Å². The third kappa shape index (κ3) is 3.40. The summed E-state index contributed by atoms with van der Waals surface area (Å²) < 4.78 is 45.0. The fourth-order valence-electron chi connectivity index (χ4n) is 3.40. The largest absolute Gasteiger partial charge is 0.416 e. The average molecular weight is 358 g/mol. The quantitative estimate of drug-likeness (QED) is 0.879. The Hall–Kier alpha value is -1.60. The van der Waals surface area contributed by atoms with E-state index in [1.54, 1.807) is 0 Å². The van der Waals surface area contributed by atoms with Crippen LogP contribution in [0.4, 0.5) is 13.2 Å². The van der Waals surface area contributed by atoms with Crippen LogP contribution in [0.3, 0.4) is 0 Å². The van der Waals surface area contributed by atoms with Crippen LogP contribution < -0.4 is 5.73 Å². The van der Waals surface area contributed by atoms with Crippen LogP contribution in [0.5, 0.6) is 0 Å². The second-order valence-electron chi connectivity index (χ2n) is 7.16. The van der Waals surface area contributed by atoms with E-state index in [0.29, 0.717) is 13.0 Å². The summed E-state index contributed by atoms with van der Waals surface area (Å²) in [6.07, 6.45) is -4.24. The van der Waals surface area contributed by atoms with Gasteiger partial charge in [0.15, 0.2) is 0 Å². The Morgan fingerprint density at radius 2 is 1.96 bits per heavy atom. The van der Waals surface area contributed by atoms with Crippen molar-refractivity contribution in [2.45, 2.75) is 51.6 Å². The minimum absolute atomic E-state index is 0.0490. The zero-order valence-electron chi connectivity index (χ0n) is 15.0. The number of hydrogen-bond donors (Lipinski definition) is 1. The van der Waals surface area contributed by atoms with Crippen molar-refractivity contribution in [3.05, 3.63) is 35.4 Å². The second kappa shape index (κ2) is 6.61.